The van der Waals surface area contributed by atoms with E-state index in [0.29, 0.717) is 12.8 Å². The zero-order valence-electron chi connectivity index (χ0n) is 12.3. The third kappa shape index (κ3) is 4.82. The van der Waals surface area contributed by atoms with Crippen LogP contribution in [0.2, 0.25) is 0 Å². The van der Waals surface area contributed by atoms with Crippen LogP contribution >= 0.6 is 0 Å². The first kappa shape index (κ1) is 15.9. The summed E-state index contributed by atoms with van der Waals surface area (Å²) in [5.41, 5.74) is 7.91. The minimum atomic E-state index is -0.666. The molecule has 0 fully saturated rings. The lowest BCUT2D eigenvalue weighted by Crippen LogP contribution is -2.47. The van der Waals surface area contributed by atoms with Crippen molar-refractivity contribution in [1.29, 1.82) is 0 Å². The maximum atomic E-state index is 12.1. The van der Waals surface area contributed by atoms with E-state index in [1.807, 2.05) is 60.7 Å². The van der Waals surface area contributed by atoms with Crippen LogP contribution in [-0.4, -0.2) is 24.3 Å². The van der Waals surface area contributed by atoms with Gasteiger partial charge < -0.3 is 15.8 Å². The molecule has 1 amide bonds. The molecule has 2 aromatic rings. The lowest BCUT2D eigenvalue weighted by molar-refractivity contribution is -0.125. The first-order valence-corrected chi connectivity index (χ1v) is 7.28. The molecule has 0 heterocycles. The number of aldehydes is 1. The van der Waals surface area contributed by atoms with E-state index in [1.54, 1.807) is 0 Å². The summed E-state index contributed by atoms with van der Waals surface area (Å²) >= 11 is 0. The highest BCUT2D eigenvalue weighted by Gasteiger charge is 2.18. The highest BCUT2D eigenvalue weighted by Crippen LogP contribution is 2.04. The molecule has 3 N–H and O–H groups in total. The van der Waals surface area contributed by atoms with Crippen molar-refractivity contribution in [3.05, 3.63) is 71.8 Å². The second-order valence-corrected chi connectivity index (χ2v) is 5.24. The summed E-state index contributed by atoms with van der Waals surface area (Å²) in [6.45, 7) is 0. The van der Waals surface area contributed by atoms with Gasteiger partial charge in [0.05, 0.1) is 12.1 Å². The van der Waals surface area contributed by atoms with Crippen LogP contribution in [-0.2, 0) is 22.4 Å². The van der Waals surface area contributed by atoms with E-state index in [9.17, 15) is 9.59 Å². The third-order valence-corrected chi connectivity index (χ3v) is 3.43. The molecule has 0 aliphatic heterocycles. The van der Waals surface area contributed by atoms with Crippen molar-refractivity contribution in [1.82, 2.24) is 5.32 Å². The summed E-state index contributed by atoms with van der Waals surface area (Å²) in [5, 5.41) is 2.70. The molecule has 114 valence electrons. The molecule has 0 saturated carbocycles. The molecule has 2 unspecified atom stereocenters. The molecule has 22 heavy (non-hydrogen) atoms. The van der Waals surface area contributed by atoms with Crippen LogP contribution < -0.4 is 11.1 Å². The Hall–Kier alpha value is -2.46. The number of carbonyl (C=O) groups excluding carboxylic acids is 2. The van der Waals surface area contributed by atoms with Gasteiger partial charge in [0.25, 0.3) is 0 Å². The number of hydrogen-bond donors (Lipinski definition) is 2. The summed E-state index contributed by atoms with van der Waals surface area (Å²) < 4.78 is 0. The van der Waals surface area contributed by atoms with Crippen molar-refractivity contribution in [3.63, 3.8) is 0 Å². The zero-order chi connectivity index (χ0) is 15.8. The number of carbonyl (C=O) groups is 2. The van der Waals surface area contributed by atoms with E-state index in [2.05, 4.69) is 5.32 Å². The number of rotatable bonds is 7. The van der Waals surface area contributed by atoms with Gasteiger partial charge in [0.1, 0.15) is 6.29 Å². The van der Waals surface area contributed by atoms with Crippen molar-refractivity contribution in [3.8, 4) is 0 Å². The highest BCUT2D eigenvalue weighted by molar-refractivity contribution is 5.84. The monoisotopic (exact) mass is 296 g/mol. The van der Waals surface area contributed by atoms with E-state index >= 15 is 0 Å². The quantitative estimate of drug-likeness (QED) is 0.760. The molecular formula is C18H20N2O2. The average molecular weight is 296 g/mol. The zero-order valence-corrected chi connectivity index (χ0v) is 12.3. The smallest absolute Gasteiger partial charge is 0.237 e. The molecule has 4 heteroatoms. The van der Waals surface area contributed by atoms with Gasteiger partial charge in [-0.05, 0) is 24.0 Å². The van der Waals surface area contributed by atoms with Gasteiger partial charge in [-0.25, -0.2) is 0 Å². The van der Waals surface area contributed by atoms with E-state index in [1.165, 1.54) is 0 Å². The summed E-state index contributed by atoms with van der Waals surface area (Å²) in [6, 6.07) is 17.9. The van der Waals surface area contributed by atoms with Crippen LogP contribution in [0.4, 0.5) is 0 Å². The summed E-state index contributed by atoms with van der Waals surface area (Å²) in [5.74, 6) is -0.308. The Kier molecular flexibility index (Phi) is 5.86. The van der Waals surface area contributed by atoms with Crippen LogP contribution in [0.15, 0.2) is 60.7 Å². The average Bonchev–Trinajstić information content (AvgIpc) is 2.56. The predicted octanol–water partition coefficient (Wildman–Crippen LogP) is 1.48. The Labute approximate surface area is 130 Å². The Morgan fingerprint density at radius 1 is 0.955 bits per heavy atom. The maximum absolute atomic E-state index is 12.1. The van der Waals surface area contributed by atoms with E-state index in [0.717, 1.165) is 17.4 Å². The van der Waals surface area contributed by atoms with E-state index < -0.39 is 12.1 Å². The first-order chi connectivity index (χ1) is 10.7. The highest BCUT2D eigenvalue weighted by atomic mass is 16.2. The van der Waals surface area contributed by atoms with Gasteiger partial charge in [-0.15, -0.1) is 0 Å². The fraction of sp³-hybridized carbons (Fsp3) is 0.222. The van der Waals surface area contributed by atoms with Crippen LogP contribution in [0.5, 0.6) is 0 Å². The number of hydrogen-bond acceptors (Lipinski definition) is 3. The molecule has 0 radical (unpaired) electrons. The fourth-order valence-electron chi connectivity index (χ4n) is 2.25. The minimum absolute atomic E-state index is 0.308. The van der Waals surface area contributed by atoms with Crippen molar-refractivity contribution >= 4 is 12.2 Å². The van der Waals surface area contributed by atoms with Gasteiger partial charge in [-0.3, -0.25) is 4.79 Å². The van der Waals surface area contributed by atoms with Crippen LogP contribution in [0, 0.1) is 0 Å². The Morgan fingerprint density at radius 2 is 1.45 bits per heavy atom. The number of nitrogens with one attached hydrogen (secondary N) is 1. The minimum Gasteiger partial charge on any atom is -0.345 e. The van der Waals surface area contributed by atoms with Gasteiger partial charge in [0.15, 0.2) is 0 Å². The molecule has 0 aliphatic carbocycles. The molecule has 2 aromatic carbocycles. The predicted molar refractivity (Wildman–Crippen MR) is 86.3 cm³/mol. The number of nitrogens with two attached hydrogens (primary N) is 1. The molecule has 0 bridgehead atoms. The topological polar surface area (TPSA) is 72.2 Å². The van der Waals surface area contributed by atoms with Gasteiger partial charge in [-0.1, -0.05) is 60.7 Å². The fourth-order valence-corrected chi connectivity index (χ4v) is 2.25. The normalized spacial score (nSPS) is 13.1. The lowest BCUT2D eigenvalue weighted by atomic mass is 10.0. The summed E-state index contributed by atoms with van der Waals surface area (Å²) in [7, 11) is 0. The molecule has 0 aliphatic rings. The largest absolute Gasteiger partial charge is 0.345 e. The van der Waals surface area contributed by atoms with Crippen molar-refractivity contribution in [2.45, 2.75) is 24.9 Å². The molecule has 2 atom stereocenters. The van der Waals surface area contributed by atoms with Gasteiger partial charge in [-0.2, -0.15) is 0 Å². The Morgan fingerprint density at radius 3 is 1.95 bits per heavy atom. The molecule has 2 rings (SSSR count). The van der Waals surface area contributed by atoms with Gasteiger partial charge >= 0.3 is 0 Å². The van der Waals surface area contributed by atoms with E-state index in [-0.39, 0.29) is 5.91 Å². The lowest BCUT2D eigenvalue weighted by Gasteiger charge is -2.17. The second-order valence-electron chi connectivity index (χ2n) is 5.24. The summed E-state index contributed by atoms with van der Waals surface area (Å²) in [4.78, 5) is 23.3. The second kappa shape index (κ2) is 8.10. The van der Waals surface area contributed by atoms with Crippen LogP contribution in [0.1, 0.15) is 11.1 Å². The molecule has 0 aromatic heterocycles. The van der Waals surface area contributed by atoms with Gasteiger partial charge in [0.2, 0.25) is 5.91 Å². The summed E-state index contributed by atoms with van der Waals surface area (Å²) in [6.07, 6.45) is 1.66. The number of amides is 1. The standard InChI is InChI=1S/C18H20N2O2/c19-17(12-15-9-5-2-6-10-15)18(22)20-16(13-21)11-14-7-3-1-4-8-14/h1-10,13,16-17H,11-12,19H2,(H,20,22). The van der Waals surface area contributed by atoms with Crippen molar-refractivity contribution in [2.24, 2.45) is 5.73 Å². The van der Waals surface area contributed by atoms with E-state index in [4.69, 9.17) is 5.73 Å². The van der Waals surface area contributed by atoms with Crippen LogP contribution in [0.3, 0.4) is 0 Å². The molecular weight excluding hydrogens is 276 g/mol. The number of benzene rings is 2. The van der Waals surface area contributed by atoms with Crippen molar-refractivity contribution < 1.29 is 9.59 Å². The maximum Gasteiger partial charge on any atom is 0.237 e. The Bertz CT molecular complexity index is 599. The SMILES string of the molecule is NC(Cc1ccccc1)C(=O)NC(C=O)Cc1ccccc1. The molecule has 4 nitrogen and oxygen atoms in total. The van der Waals surface area contributed by atoms with Crippen LogP contribution in [0.25, 0.3) is 0 Å². The van der Waals surface area contributed by atoms with Gasteiger partial charge in [0, 0.05) is 0 Å². The Balaban J connectivity index is 1.90. The first-order valence-electron chi connectivity index (χ1n) is 7.28. The van der Waals surface area contributed by atoms with Crippen molar-refractivity contribution in [2.75, 3.05) is 0 Å². The molecule has 0 saturated heterocycles. The molecule has 0 spiro atoms. The third-order valence-electron chi connectivity index (χ3n) is 3.43.